The van der Waals surface area contributed by atoms with E-state index in [1.165, 1.54) is 24.8 Å². The Morgan fingerprint density at radius 2 is 1.45 bits per heavy atom. The molecule has 0 saturated heterocycles. The summed E-state index contributed by atoms with van der Waals surface area (Å²) in [6.45, 7) is 2.53. The second kappa shape index (κ2) is 9.20. The molecule has 3 N–H and O–H groups in total. The topological polar surface area (TPSA) is 70.2 Å². The van der Waals surface area contributed by atoms with Crippen LogP contribution < -0.4 is 16.0 Å². The van der Waals surface area contributed by atoms with Gasteiger partial charge >= 0.3 is 0 Å². The van der Waals surface area contributed by atoms with Crippen molar-refractivity contribution >= 4 is 23.2 Å². The number of carbonyl (C=O) groups is 2. The van der Waals surface area contributed by atoms with Crippen molar-refractivity contribution in [2.75, 3.05) is 17.2 Å². The lowest BCUT2D eigenvalue weighted by molar-refractivity contribution is -0.146. The predicted molar refractivity (Wildman–Crippen MR) is 132 cm³/mol. The molecule has 2 aromatic rings. The van der Waals surface area contributed by atoms with Gasteiger partial charge in [-0.2, -0.15) is 0 Å². The molecular formula is C28H35N3O2. The Morgan fingerprint density at radius 1 is 0.879 bits per heavy atom. The molecule has 5 heteroatoms. The van der Waals surface area contributed by atoms with Gasteiger partial charge in [0.2, 0.25) is 11.8 Å². The Hall–Kier alpha value is -2.82. The lowest BCUT2D eigenvalue weighted by atomic mass is 9.49. The van der Waals surface area contributed by atoms with E-state index >= 15 is 0 Å². The average molecular weight is 446 g/mol. The highest BCUT2D eigenvalue weighted by molar-refractivity contribution is 5.91. The van der Waals surface area contributed by atoms with Gasteiger partial charge in [-0.3, -0.25) is 9.59 Å². The van der Waals surface area contributed by atoms with E-state index in [4.69, 9.17) is 0 Å². The highest BCUT2D eigenvalue weighted by Crippen LogP contribution is 2.60. The molecule has 2 aromatic carbocycles. The maximum Gasteiger partial charge on any atom is 0.226 e. The fourth-order valence-electron chi connectivity index (χ4n) is 6.81. The predicted octanol–water partition coefficient (Wildman–Crippen LogP) is 5.52. The molecule has 5 nitrogen and oxygen atoms in total. The van der Waals surface area contributed by atoms with Gasteiger partial charge in [0, 0.05) is 35.8 Å². The standard InChI is InChI=1S/C28H35N3O2/c1-19(23-5-3-2-4-6-23)30-24-7-9-25(10-8-24)31-26(32)11-12-29-27(33)28-16-20-13-21(17-28)15-22(14-20)18-28/h2-10,19-22,30H,11-18H2,1H3,(H,29,33)(H,31,32). The molecule has 4 fully saturated rings. The summed E-state index contributed by atoms with van der Waals surface area (Å²) in [6.07, 6.45) is 7.45. The molecule has 33 heavy (non-hydrogen) atoms. The van der Waals surface area contributed by atoms with Crippen molar-refractivity contribution in [3.63, 3.8) is 0 Å². The minimum Gasteiger partial charge on any atom is -0.379 e. The van der Waals surface area contributed by atoms with Gasteiger partial charge in [0.05, 0.1) is 0 Å². The van der Waals surface area contributed by atoms with Crippen LogP contribution in [0.1, 0.15) is 63.5 Å². The van der Waals surface area contributed by atoms with Crippen LogP contribution in [0.4, 0.5) is 11.4 Å². The second-order valence-electron chi connectivity index (χ2n) is 10.6. The third kappa shape index (κ3) is 4.92. The van der Waals surface area contributed by atoms with Gasteiger partial charge in [0.15, 0.2) is 0 Å². The first-order valence-corrected chi connectivity index (χ1v) is 12.5. The fourth-order valence-corrected chi connectivity index (χ4v) is 6.81. The van der Waals surface area contributed by atoms with Crippen LogP contribution in [-0.4, -0.2) is 18.4 Å². The van der Waals surface area contributed by atoms with Crippen LogP contribution in [0.25, 0.3) is 0 Å². The number of anilines is 2. The van der Waals surface area contributed by atoms with Crippen LogP contribution in [0.5, 0.6) is 0 Å². The molecule has 6 rings (SSSR count). The van der Waals surface area contributed by atoms with Crippen molar-refractivity contribution in [3.8, 4) is 0 Å². The van der Waals surface area contributed by atoms with E-state index in [1.807, 2.05) is 42.5 Å². The number of nitrogens with one attached hydrogen (secondary N) is 3. The lowest BCUT2D eigenvalue weighted by Crippen LogP contribution is -2.53. The van der Waals surface area contributed by atoms with Crippen LogP contribution in [0.15, 0.2) is 54.6 Å². The zero-order valence-corrected chi connectivity index (χ0v) is 19.5. The first-order valence-electron chi connectivity index (χ1n) is 12.5. The summed E-state index contributed by atoms with van der Waals surface area (Å²) < 4.78 is 0. The molecule has 4 bridgehead atoms. The van der Waals surface area contributed by atoms with E-state index < -0.39 is 0 Å². The average Bonchev–Trinajstić information content (AvgIpc) is 2.80. The Labute approximate surface area is 196 Å². The minimum atomic E-state index is -0.148. The first-order chi connectivity index (χ1) is 16.0. The zero-order valence-electron chi connectivity index (χ0n) is 19.5. The van der Waals surface area contributed by atoms with Gasteiger partial charge in [-0.1, -0.05) is 30.3 Å². The van der Waals surface area contributed by atoms with E-state index in [2.05, 4.69) is 35.0 Å². The summed E-state index contributed by atoms with van der Waals surface area (Å²) in [6, 6.07) is 18.3. The molecule has 1 atom stereocenters. The highest BCUT2D eigenvalue weighted by Gasteiger charge is 2.54. The lowest BCUT2D eigenvalue weighted by Gasteiger charge is -2.55. The number of hydrogen-bond donors (Lipinski definition) is 3. The maximum atomic E-state index is 13.0. The first kappa shape index (κ1) is 22.0. The van der Waals surface area contributed by atoms with E-state index in [9.17, 15) is 9.59 Å². The molecule has 4 aliphatic rings. The summed E-state index contributed by atoms with van der Waals surface area (Å²) in [7, 11) is 0. The number of rotatable bonds is 8. The van der Waals surface area contributed by atoms with E-state index in [0.717, 1.165) is 48.4 Å². The molecular weight excluding hydrogens is 410 g/mol. The summed E-state index contributed by atoms with van der Waals surface area (Å²) >= 11 is 0. The van der Waals surface area contributed by atoms with Crippen LogP contribution in [0, 0.1) is 23.2 Å². The smallest absolute Gasteiger partial charge is 0.226 e. The summed E-state index contributed by atoms with van der Waals surface area (Å²) in [5, 5.41) is 9.52. The molecule has 4 saturated carbocycles. The molecule has 174 valence electrons. The number of benzene rings is 2. The van der Waals surface area contributed by atoms with Crippen molar-refractivity contribution in [2.45, 2.75) is 57.9 Å². The zero-order chi connectivity index (χ0) is 22.8. The molecule has 0 aromatic heterocycles. The third-order valence-electron chi connectivity index (χ3n) is 8.01. The third-order valence-corrected chi connectivity index (χ3v) is 8.01. The van der Waals surface area contributed by atoms with Crippen LogP contribution in [0.2, 0.25) is 0 Å². The van der Waals surface area contributed by atoms with Crippen molar-refractivity contribution in [3.05, 3.63) is 60.2 Å². The quantitative estimate of drug-likeness (QED) is 0.501. The Kier molecular flexibility index (Phi) is 6.13. The van der Waals surface area contributed by atoms with Crippen molar-refractivity contribution in [1.82, 2.24) is 5.32 Å². The molecule has 0 radical (unpaired) electrons. The minimum absolute atomic E-state index is 0.0702. The van der Waals surface area contributed by atoms with E-state index in [1.54, 1.807) is 0 Å². The number of carbonyl (C=O) groups excluding carboxylic acids is 2. The van der Waals surface area contributed by atoms with Gasteiger partial charge in [0.25, 0.3) is 0 Å². The second-order valence-corrected chi connectivity index (χ2v) is 10.6. The monoisotopic (exact) mass is 445 g/mol. The molecule has 0 aliphatic heterocycles. The molecule has 2 amide bonds. The SMILES string of the molecule is CC(Nc1ccc(NC(=O)CCNC(=O)C23CC4CC(CC(C4)C2)C3)cc1)c1ccccc1. The largest absolute Gasteiger partial charge is 0.379 e. The van der Waals surface area contributed by atoms with Crippen LogP contribution in [0.3, 0.4) is 0 Å². The van der Waals surface area contributed by atoms with Crippen molar-refractivity contribution in [2.24, 2.45) is 23.2 Å². The molecule has 4 aliphatic carbocycles. The summed E-state index contributed by atoms with van der Waals surface area (Å²) in [5.41, 5.74) is 2.85. The summed E-state index contributed by atoms with van der Waals surface area (Å²) in [5.74, 6) is 2.37. The van der Waals surface area contributed by atoms with Gasteiger partial charge in [-0.25, -0.2) is 0 Å². The highest BCUT2D eigenvalue weighted by atomic mass is 16.2. The van der Waals surface area contributed by atoms with Gasteiger partial charge in [0.1, 0.15) is 0 Å². The van der Waals surface area contributed by atoms with Gasteiger partial charge in [-0.15, -0.1) is 0 Å². The fraction of sp³-hybridized carbons (Fsp3) is 0.500. The number of hydrogen-bond acceptors (Lipinski definition) is 3. The van der Waals surface area contributed by atoms with Gasteiger partial charge in [-0.05, 0) is 93.0 Å². The Bertz CT molecular complexity index is 951. The van der Waals surface area contributed by atoms with Crippen LogP contribution >= 0.6 is 0 Å². The number of amides is 2. The molecule has 0 heterocycles. The normalized spacial score (nSPS) is 28.2. The molecule has 0 spiro atoms. The van der Waals surface area contributed by atoms with E-state index in [0.29, 0.717) is 13.0 Å². The van der Waals surface area contributed by atoms with Crippen LogP contribution in [-0.2, 0) is 9.59 Å². The van der Waals surface area contributed by atoms with Gasteiger partial charge < -0.3 is 16.0 Å². The maximum absolute atomic E-state index is 13.0. The molecule has 1 unspecified atom stereocenters. The van der Waals surface area contributed by atoms with Crippen molar-refractivity contribution < 1.29 is 9.59 Å². The Balaban J connectivity index is 1.07. The Morgan fingerprint density at radius 3 is 2.06 bits per heavy atom. The summed E-state index contributed by atoms with van der Waals surface area (Å²) in [4.78, 5) is 25.4. The van der Waals surface area contributed by atoms with Crippen molar-refractivity contribution in [1.29, 1.82) is 0 Å². The van der Waals surface area contributed by atoms with E-state index in [-0.39, 0.29) is 23.3 Å².